The smallest absolute Gasteiger partial charge is 0.151 e. The maximum absolute atomic E-state index is 13.5. The second kappa shape index (κ2) is 17.8. The van der Waals surface area contributed by atoms with E-state index < -0.39 is 39.4 Å². The van der Waals surface area contributed by atoms with E-state index in [0.29, 0.717) is 11.1 Å². The number of nitrogens with zero attached hydrogens (tertiary/aromatic N) is 2. The summed E-state index contributed by atoms with van der Waals surface area (Å²) in [7, 11) is -3.40. The van der Waals surface area contributed by atoms with Crippen molar-refractivity contribution in [2.24, 2.45) is 9.98 Å². The molecule has 13 heteroatoms. The van der Waals surface area contributed by atoms with Gasteiger partial charge in [-0.1, -0.05) is 75.7 Å². The summed E-state index contributed by atoms with van der Waals surface area (Å²) in [5, 5.41) is 22.4. The van der Waals surface area contributed by atoms with Gasteiger partial charge in [0.15, 0.2) is 23.3 Å². The average molecular weight is 732 g/mol. The molecule has 0 aromatic heterocycles. The number of hydrogen-bond donors (Lipinski definition) is 2. The van der Waals surface area contributed by atoms with Gasteiger partial charge in [0, 0.05) is 45.3 Å². The van der Waals surface area contributed by atoms with Gasteiger partial charge < -0.3 is 10.2 Å². The number of aromatic hydroxyl groups is 2. The monoisotopic (exact) mass is 730 g/mol. The first kappa shape index (κ1) is 42.3. The molecule has 0 aliphatic carbocycles. The molecule has 0 saturated heterocycles. The van der Waals surface area contributed by atoms with Crippen molar-refractivity contribution in [3.05, 3.63) is 107 Å². The van der Waals surface area contributed by atoms with Gasteiger partial charge in [-0.05, 0) is 46.8 Å². The number of halogens is 6. The Hall–Kier alpha value is -2.73. The minimum atomic E-state index is -1.70. The minimum Gasteiger partial charge on any atom is -0.507 e. The van der Waals surface area contributed by atoms with E-state index in [1.54, 1.807) is 12.1 Å². The summed E-state index contributed by atoms with van der Waals surface area (Å²) >= 11 is 0. The van der Waals surface area contributed by atoms with Crippen LogP contribution >= 0.6 is 24.8 Å². The molecule has 4 nitrogen and oxygen atoms in total. The van der Waals surface area contributed by atoms with Crippen molar-refractivity contribution >= 4 is 75.1 Å². The topological polar surface area (TPSA) is 65.2 Å². The predicted molar refractivity (Wildman–Crippen MR) is 184 cm³/mol. The van der Waals surface area contributed by atoms with E-state index in [4.69, 9.17) is 0 Å². The zero-order chi connectivity index (χ0) is 31.2. The second-order valence-corrected chi connectivity index (χ2v) is 21.7. The number of para-hydroxylation sites is 4. The fraction of sp³-hybridized carbons (Fsp3) is 0.188. The van der Waals surface area contributed by atoms with Gasteiger partial charge in [-0.15, -0.1) is 24.8 Å². The Labute approximate surface area is 291 Å². The fourth-order valence-corrected chi connectivity index (χ4v) is 6.94. The third-order valence-electron chi connectivity index (χ3n) is 6.29. The van der Waals surface area contributed by atoms with Crippen LogP contribution in [0.4, 0.5) is 28.9 Å². The summed E-state index contributed by atoms with van der Waals surface area (Å²) in [5.41, 5.74) is 0.209. The first-order valence-corrected chi connectivity index (χ1v) is 20.2. The normalized spacial score (nSPS) is 11.2. The molecule has 0 unspecified atom stereocenters. The van der Waals surface area contributed by atoms with Crippen molar-refractivity contribution in [2.45, 2.75) is 39.3 Å². The molecule has 0 atom stereocenters. The minimum absolute atomic E-state index is 0. The molecule has 4 aromatic rings. The van der Waals surface area contributed by atoms with Crippen LogP contribution in [0.5, 0.6) is 11.5 Å². The van der Waals surface area contributed by atoms with Crippen LogP contribution in [-0.4, -0.2) is 38.8 Å². The van der Waals surface area contributed by atoms with Gasteiger partial charge in [0.05, 0.1) is 16.1 Å². The van der Waals surface area contributed by atoms with Crippen LogP contribution in [0, 0.1) is 23.3 Å². The third-order valence-corrected chi connectivity index (χ3v) is 10.3. The molecule has 2 N–H and O–H groups in total. The molecule has 0 spiro atoms. The number of aliphatic imine (C=N–C) groups is 2. The van der Waals surface area contributed by atoms with E-state index in [2.05, 4.69) is 49.3 Å². The van der Waals surface area contributed by atoms with E-state index in [1.807, 2.05) is 24.3 Å². The van der Waals surface area contributed by atoms with Crippen LogP contribution in [0.2, 0.25) is 39.3 Å². The molecule has 240 valence electrons. The van der Waals surface area contributed by atoms with Crippen molar-refractivity contribution < 1.29 is 49.5 Å². The number of rotatable bonds is 6. The van der Waals surface area contributed by atoms with Gasteiger partial charge in [-0.2, -0.15) is 0 Å². The van der Waals surface area contributed by atoms with Gasteiger partial charge in [-0.3, -0.25) is 0 Å². The summed E-state index contributed by atoms with van der Waals surface area (Å²) in [6, 6.07) is 17.9. The quantitative estimate of drug-likeness (QED) is 0.118. The molecular weight excluding hydrogens is 695 g/mol. The maximum atomic E-state index is 13.5. The van der Waals surface area contributed by atoms with Crippen LogP contribution < -0.4 is 10.4 Å². The second-order valence-electron chi connectivity index (χ2n) is 11.6. The molecule has 0 heterocycles. The van der Waals surface area contributed by atoms with E-state index in [0.717, 1.165) is 34.6 Å². The number of benzene rings is 4. The Bertz CT molecular complexity index is 1490. The Kier molecular flexibility index (Phi) is 16.7. The molecule has 0 amide bonds. The van der Waals surface area contributed by atoms with Crippen LogP contribution in [0.15, 0.2) is 82.8 Å². The van der Waals surface area contributed by atoms with E-state index in [1.165, 1.54) is 24.6 Å². The standard InChI is InChI=1S/2C16H17F2NOSi.2ClH.Ti/c2*1-21(2,3)14-9-4-6-11(16(14)20)10-19-15-12(17)7-5-8-13(15)18;;;/h2*4-10,20H,1-3H3;2*1H;. The van der Waals surface area contributed by atoms with Gasteiger partial charge in [0.1, 0.15) is 22.9 Å². The fourth-order valence-electron chi connectivity index (χ4n) is 4.03. The molecule has 0 bridgehead atoms. The summed E-state index contributed by atoms with van der Waals surface area (Å²) in [6.45, 7) is 12.7. The van der Waals surface area contributed by atoms with Gasteiger partial charge in [0.25, 0.3) is 0 Å². The Morgan fingerprint density at radius 3 is 1.04 bits per heavy atom. The third kappa shape index (κ3) is 11.2. The van der Waals surface area contributed by atoms with Gasteiger partial charge in [-0.25, -0.2) is 27.5 Å². The van der Waals surface area contributed by atoms with Gasteiger partial charge in [0.2, 0.25) is 0 Å². The maximum Gasteiger partial charge on any atom is 0.151 e. The summed E-state index contributed by atoms with van der Waals surface area (Å²) in [4.78, 5) is 7.68. The van der Waals surface area contributed by atoms with Crippen molar-refractivity contribution in [3.8, 4) is 11.5 Å². The number of phenols is 2. The zero-order valence-corrected chi connectivity index (χ0v) is 30.9. The summed E-state index contributed by atoms with van der Waals surface area (Å²) < 4.78 is 54.1. The van der Waals surface area contributed by atoms with Crippen LogP contribution in [0.1, 0.15) is 11.1 Å². The first-order valence-electron chi connectivity index (χ1n) is 13.2. The Morgan fingerprint density at radius 1 is 0.511 bits per heavy atom. The van der Waals surface area contributed by atoms with E-state index >= 15 is 0 Å². The van der Waals surface area contributed by atoms with E-state index in [-0.39, 0.29) is 69.4 Å². The molecule has 4 rings (SSSR count). The molecule has 0 fully saturated rings. The van der Waals surface area contributed by atoms with Crippen molar-refractivity contribution in [3.63, 3.8) is 0 Å². The Balaban J connectivity index is 0.000000807. The summed E-state index contributed by atoms with van der Waals surface area (Å²) in [6.07, 6.45) is 2.58. The van der Waals surface area contributed by atoms with Crippen LogP contribution in [0.25, 0.3) is 0 Å². The predicted octanol–water partition coefficient (Wildman–Crippen LogP) is 8.77. The molecule has 0 aliphatic rings. The molecule has 0 aliphatic heterocycles. The molecule has 4 aromatic carbocycles. The van der Waals surface area contributed by atoms with Crippen LogP contribution in [-0.2, 0) is 21.7 Å². The molecular formula is C32H36Cl2F4N2O2Si2Ti. The van der Waals surface area contributed by atoms with Crippen molar-refractivity contribution in [1.29, 1.82) is 0 Å². The molecule has 45 heavy (non-hydrogen) atoms. The molecule has 0 saturated carbocycles. The number of hydrogen-bond acceptors (Lipinski definition) is 4. The Morgan fingerprint density at radius 2 is 0.778 bits per heavy atom. The van der Waals surface area contributed by atoms with Crippen molar-refractivity contribution in [1.82, 2.24) is 0 Å². The zero-order valence-electron chi connectivity index (χ0n) is 25.7. The number of phenolic OH excluding ortho intramolecular Hbond substituents is 2. The van der Waals surface area contributed by atoms with Crippen molar-refractivity contribution in [2.75, 3.05) is 0 Å². The largest absolute Gasteiger partial charge is 0.507 e. The average Bonchev–Trinajstić information content (AvgIpc) is 2.89. The molecule has 0 radical (unpaired) electrons. The van der Waals surface area contributed by atoms with Crippen LogP contribution in [0.3, 0.4) is 0 Å². The SMILES string of the molecule is C[Si](C)(C)c1cccc(C=Nc2c(F)cccc2F)c1O.C[Si](C)(C)c1cccc(C=Nc2c(F)cccc2F)c1O.Cl.Cl.[Ti]. The van der Waals surface area contributed by atoms with Gasteiger partial charge >= 0.3 is 0 Å². The van der Waals surface area contributed by atoms with E-state index in [9.17, 15) is 27.8 Å². The first-order chi connectivity index (χ1) is 19.6. The summed E-state index contributed by atoms with van der Waals surface area (Å²) in [5.74, 6) is -2.65.